The average Bonchev–Trinajstić information content (AvgIpc) is 2.67. The lowest BCUT2D eigenvalue weighted by atomic mass is 10.0. The van der Waals surface area contributed by atoms with Crippen LogP contribution in [0.4, 0.5) is 5.69 Å². The van der Waals surface area contributed by atoms with Gasteiger partial charge < -0.3 is 14.9 Å². The molecule has 2 rings (SSSR count). The maximum absolute atomic E-state index is 12.4. The highest BCUT2D eigenvalue weighted by Gasteiger charge is 2.19. The number of benzene rings is 1. The molecular formula is C14H15NO3. The molecule has 1 aromatic carbocycles. The van der Waals surface area contributed by atoms with Gasteiger partial charge in [-0.15, -0.1) is 0 Å². The van der Waals surface area contributed by atoms with Gasteiger partial charge in [0.05, 0.1) is 18.2 Å². The maximum Gasteiger partial charge on any atom is 0.200 e. The molecule has 0 aliphatic rings. The van der Waals surface area contributed by atoms with E-state index >= 15 is 0 Å². The number of ketones is 1. The number of hydrogen-bond acceptors (Lipinski definition) is 4. The van der Waals surface area contributed by atoms with E-state index in [2.05, 4.69) is 0 Å². The van der Waals surface area contributed by atoms with Crippen LogP contribution in [0.5, 0.6) is 5.75 Å². The number of methoxy groups -OCH3 is 1. The minimum Gasteiger partial charge on any atom is -0.496 e. The first-order valence-electron chi connectivity index (χ1n) is 5.58. The van der Waals surface area contributed by atoms with Crippen molar-refractivity contribution in [1.82, 2.24) is 0 Å². The van der Waals surface area contributed by atoms with E-state index in [1.165, 1.54) is 7.11 Å². The van der Waals surface area contributed by atoms with Gasteiger partial charge in [-0.05, 0) is 32.0 Å². The molecule has 0 saturated carbocycles. The number of carbonyl (C=O) groups excluding carboxylic acids is 1. The largest absolute Gasteiger partial charge is 0.496 e. The second-order valence-corrected chi connectivity index (χ2v) is 4.12. The Hall–Kier alpha value is -2.23. The van der Waals surface area contributed by atoms with Crippen molar-refractivity contribution in [2.75, 3.05) is 12.8 Å². The number of ether oxygens (including phenoxy) is 1. The second kappa shape index (κ2) is 4.56. The Labute approximate surface area is 105 Å². The van der Waals surface area contributed by atoms with Crippen LogP contribution in [-0.4, -0.2) is 12.9 Å². The minimum atomic E-state index is -0.124. The molecule has 4 heteroatoms. The number of hydrogen-bond donors (Lipinski definition) is 1. The Morgan fingerprint density at radius 2 is 1.94 bits per heavy atom. The third-order valence-corrected chi connectivity index (χ3v) is 2.76. The molecule has 0 amide bonds. The molecule has 0 atom stereocenters. The summed E-state index contributed by atoms with van der Waals surface area (Å²) in [5, 5.41) is 0. The van der Waals surface area contributed by atoms with Crippen LogP contribution in [0.3, 0.4) is 0 Å². The third kappa shape index (κ3) is 2.09. The van der Waals surface area contributed by atoms with Gasteiger partial charge in [0.2, 0.25) is 0 Å². The SMILES string of the molecule is COc1cc(N)ccc1C(=O)c1cc(C)oc1C. The fourth-order valence-corrected chi connectivity index (χ4v) is 1.90. The summed E-state index contributed by atoms with van der Waals surface area (Å²) >= 11 is 0. The molecule has 0 aliphatic carbocycles. The van der Waals surface area contributed by atoms with Gasteiger partial charge in [0, 0.05) is 11.8 Å². The Morgan fingerprint density at radius 3 is 2.50 bits per heavy atom. The number of furan rings is 1. The molecule has 0 fully saturated rings. The lowest BCUT2D eigenvalue weighted by Crippen LogP contribution is -2.04. The quantitative estimate of drug-likeness (QED) is 0.667. The van der Waals surface area contributed by atoms with Gasteiger partial charge in [0.1, 0.15) is 17.3 Å². The summed E-state index contributed by atoms with van der Waals surface area (Å²) in [5.74, 6) is 1.67. The van der Waals surface area contributed by atoms with Gasteiger partial charge in [-0.1, -0.05) is 0 Å². The van der Waals surface area contributed by atoms with Gasteiger partial charge in [-0.3, -0.25) is 4.79 Å². The van der Waals surface area contributed by atoms with Crippen LogP contribution in [-0.2, 0) is 0 Å². The zero-order valence-corrected chi connectivity index (χ0v) is 10.6. The van der Waals surface area contributed by atoms with Crippen LogP contribution in [0.15, 0.2) is 28.7 Å². The number of rotatable bonds is 3. The van der Waals surface area contributed by atoms with Gasteiger partial charge in [0.15, 0.2) is 5.78 Å². The van der Waals surface area contributed by atoms with Gasteiger partial charge in [-0.2, -0.15) is 0 Å². The van der Waals surface area contributed by atoms with Crippen molar-refractivity contribution in [2.45, 2.75) is 13.8 Å². The van der Waals surface area contributed by atoms with Crippen LogP contribution in [0, 0.1) is 13.8 Å². The molecule has 1 aromatic heterocycles. The van der Waals surface area contributed by atoms with E-state index < -0.39 is 0 Å². The zero-order chi connectivity index (χ0) is 13.3. The highest BCUT2D eigenvalue weighted by Crippen LogP contribution is 2.26. The van der Waals surface area contributed by atoms with Crippen LogP contribution in [0.25, 0.3) is 0 Å². The lowest BCUT2D eigenvalue weighted by Gasteiger charge is -2.07. The Kier molecular flexibility index (Phi) is 3.10. The van der Waals surface area contributed by atoms with E-state index in [0.29, 0.717) is 34.1 Å². The van der Waals surface area contributed by atoms with E-state index in [4.69, 9.17) is 14.9 Å². The monoisotopic (exact) mass is 245 g/mol. The molecule has 94 valence electrons. The summed E-state index contributed by atoms with van der Waals surface area (Å²) in [5.41, 5.74) is 7.26. The first-order valence-corrected chi connectivity index (χ1v) is 5.58. The topological polar surface area (TPSA) is 65.5 Å². The number of carbonyl (C=O) groups is 1. The van der Waals surface area contributed by atoms with Crippen molar-refractivity contribution in [3.63, 3.8) is 0 Å². The predicted molar refractivity (Wildman–Crippen MR) is 69.0 cm³/mol. The van der Waals surface area contributed by atoms with Crippen molar-refractivity contribution in [3.8, 4) is 5.75 Å². The summed E-state index contributed by atoms with van der Waals surface area (Å²) in [7, 11) is 1.51. The lowest BCUT2D eigenvalue weighted by molar-refractivity contribution is 0.103. The Balaban J connectivity index is 2.49. The molecule has 2 aromatic rings. The molecule has 0 aliphatic heterocycles. The van der Waals surface area contributed by atoms with Crippen molar-refractivity contribution >= 4 is 11.5 Å². The van der Waals surface area contributed by atoms with Crippen molar-refractivity contribution in [3.05, 3.63) is 46.9 Å². The van der Waals surface area contributed by atoms with E-state index in [0.717, 1.165) is 0 Å². The Morgan fingerprint density at radius 1 is 1.22 bits per heavy atom. The average molecular weight is 245 g/mol. The molecule has 0 radical (unpaired) electrons. The highest BCUT2D eigenvalue weighted by molar-refractivity contribution is 6.11. The summed E-state index contributed by atoms with van der Waals surface area (Å²) in [6.45, 7) is 3.58. The molecule has 0 saturated heterocycles. The van der Waals surface area contributed by atoms with Crippen LogP contribution >= 0.6 is 0 Å². The smallest absolute Gasteiger partial charge is 0.200 e. The van der Waals surface area contributed by atoms with Gasteiger partial charge in [-0.25, -0.2) is 0 Å². The summed E-state index contributed by atoms with van der Waals surface area (Å²) in [6, 6.07) is 6.71. The highest BCUT2D eigenvalue weighted by atomic mass is 16.5. The molecule has 0 spiro atoms. The van der Waals surface area contributed by atoms with E-state index in [1.54, 1.807) is 31.2 Å². The van der Waals surface area contributed by atoms with Crippen LogP contribution in [0.1, 0.15) is 27.4 Å². The third-order valence-electron chi connectivity index (χ3n) is 2.76. The standard InChI is InChI=1S/C14H15NO3/c1-8-6-12(9(2)18-8)14(16)11-5-4-10(15)7-13(11)17-3/h4-7H,15H2,1-3H3. The molecule has 4 nitrogen and oxygen atoms in total. The van der Waals surface area contributed by atoms with E-state index in [1.807, 2.05) is 6.92 Å². The first kappa shape index (κ1) is 12.2. The number of nitrogens with two attached hydrogens (primary N) is 1. The second-order valence-electron chi connectivity index (χ2n) is 4.12. The number of anilines is 1. The van der Waals surface area contributed by atoms with Gasteiger partial charge in [0.25, 0.3) is 0 Å². The molecule has 1 heterocycles. The van der Waals surface area contributed by atoms with E-state index in [-0.39, 0.29) is 5.78 Å². The Bertz CT molecular complexity index is 599. The maximum atomic E-state index is 12.4. The molecule has 2 N–H and O–H groups in total. The van der Waals surface area contributed by atoms with Crippen LogP contribution < -0.4 is 10.5 Å². The first-order chi connectivity index (χ1) is 8.52. The van der Waals surface area contributed by atoms with Crippen molar-refractivity contribution in [2.24, 2.45) is 0 Å². The summed E-state index contributed by atoms with van der Waals surface area (Å²) < 4.78 is 10.6. The zero-order valence-electron chi connectivity index (χ0n) is 10.6. The molecular weight excluding hydrogens is 230 g/mol. The fourth-order valence-electron chi connectivity index (χ4n) is 1.90. The summed E-state index contributed by atoms with van der Waals surface area (Å²) in [4.78, 5) is 12.4. The molecule has 18 heavy (non-hydrogen) atoms. The van der Waals surface area contributed by atoms with Crippen molar-refractivity contribution in [1.29, 1.82) is 0 Å². The normalized spacial score (nSPS) is 10.4. The van der Waals surface area contributed by atoms with Crippen molar-refractivity contribution < 1.29 is 13.9 Å². The molecule has 0 unspecified atom stereocenters. The number of aryl methyl sites for hydroxylation is 2. The van der Waals surface area contributed by atoms with E-state index in [9.17, 15) is 4.79 Å². The predicted octanol–water partition coefficient (Wildman–Crippen LogP) is 2.72. The summed E-state index contributed by atoms with van der Waals surface area (Å²) in [6.07, 6.45) is 0. The van der Waals surface area contributed by atoms with Crippen LogP contribution in [0.2, 0.25) is 0 Å². The molecule has 0 bridgehead atoms. The number of nitrogen functional groups attached to an aromatic ring is 1. The minimum absolute atomic E-state index is 0.124. The fraction of sp³-hybridized carbons (Fsp3) is 0.214. The van der Waals surface area contributed by atoms with Gasteiger partial charge >= 0.3 is 0 Å².